The molecule has 154 valence electrons. The summed E-state index contributed by atoms with van der Waals surface area (Å²) >= 11 is 0. The van der Waals surface area contributed by atoms with Gasteiger partial charge in [0.15, 0.2) is 0 Å². The Kier molecular flexibility index (Phi) is 5.99. The van der Waals surface area contributed by atoms with Crippen LogP contribution in [0, 0.1) is 11.8 Å². The van der Waals surface area contributed by atoms with E-state index >= 15 is 0 Å². The van der Waals surface area contributed by atoms with E-state index in [0.717, 1.165) is 39.0 Å². The molecule has 3 saturated heterocycles. The van der Waals surface area contributed by atoms with Crippen LogP contribution in [-0.2, 0) is 4.79 Å². The molecular weight excluding hydrogens is 352 g/mol. The average Bonchev–Trinajstić information content (AvgIpc) is 3.03. The Hall–Kier alpha value is -1.51. The standard InChI is InChI=1S/C21H34N6O/c1-3-14-11-23-20-18(19(22)25-27(20)12-14)21(28)24-17-13-26(2)10-9-16(17)15-7-5-4-6-8-15/h4-8,14,16-20,23,25H,3,9-13,22H2,1-2H3,(H,24,28). The Balaban J connectivity index is 1.47. The summed E-state index contributed by atoms with van der Waals surface area (Å²) in [5, 5.41) is 9.04. The Morgan fingerprint density at radius 3 is 2.82 bits per heavy atom. The number of nitrogens with one attached hydrogen (secondary N) is 3. The predicted octanol–water partition coefficient (Wildman–Crippen LogP) is 0.267. The van der Waals surface area contributed by atoms with E-state index in [-0.39, 0.29) is 30.2 Å². The third-order valence-corrected chi connectivity index (χ3v) is 6.70. The Bertz CT molecular complexity index is 670. The second-order valence-electron chi connectivity index (χ2n) is 8.64. The number of hydrogen-bond acceptors (Lipinski definition) is 6. The van der Waals surface area contributed by atoms with Crippen molar-refractivity contribution in [3.63, 3.8) is 0 Å². The Labute approximate surface area is 168 Å². The molecule has 6 unspecified atom stereocenters. The number of fused-ring (bicyclic) bond motifs is 1. The number of rotatable bonds is 4. The number of benzene rings is 1. The van der Waals surface area contributed by atoms with Gasteiger partial charge in [-0.15, -0.1) is 0 Å². The fraction of sp³-hybridized carbons (Fsp3) is 0.667. The highest BCUT2D eigenvalue weighted by atomic mass is 16.2. The molecule has 4 rings (SSSR count). The molecule has 6 atom stereocenters. The third kappa shape index (κ3) is 3.95. The van der Waals surface area contributed by atoms with E-state index in [0.29, 0.717) is 11.8 Å². The van der Waals surface area contributed by atoms with Crippen molar-refractivity contribution in [3.05, 3.63) is 35.9 Å². The lowest BCUT2D eigenvalue weighted by molar-refractivity contribution is -0.128. The molecule has 5 N–H and O–H groups in total. The summed E-state index contributed by atoms with van der Waals surface area (Å²) in [7, 11) is 2.12. The molecule has 3 heterocycles. The Morgan fingerprint density at radius 1 is 1.29 bits per heavy atom. The molecule has 0 spiro atoms. The molecule has 3 fully saturated rings. The van der Waals surface area contributed by atoms with Crippen LogP contribution >= 0.6 is 0 Å². The van der Waals surface area contributed by atoms with Crippen molar-refractivity contribution in [3.8, 4) is 0 Å². The second-order valence-corrected chi connectivity index (χ2v) is 8.64. The number of piperidine rings is 1. The third-order valence-electron chi connectivity index (χ3n) is 6.70. The lowest BCUT2D eigenvalue weighted by atomic mass is 9.85. The first-order valence-electron chi connectivity index (χ1n) is 10.6. The van der Waals surface area contributed by atoms with Crippen LogP contribution in [0.4, 0.5) is 0 Å². The van der Waals surface area contributed by atoms with Crippen molar-refractivity contribution in [1.82, 2.24) is 26.0 Å². The molecular formula is C21H34N6O. The molecule has 1 aromatic carbocycles. The van der Waals surface area contributed by atoms with Crippen molar-refractivity contribution in [2.45, 2.75) is 44.1 Å². The van der Waals surface area contributed by atoms with Crippen molar-refractivity contribution < 1.29 is 4.79 Å². The first kappa shape index (κ1) is 19.8. The first-order valence-corrected chi connectivity index (χ1v) is 10.6. The zero-order valence-electron chi connectivity index (χ0n) is 17.0. The van der Waals surface area contributed by atoms with E-state index in [2.05, 4.69) is 64.2 Å². The zero-order chi connectivity index (χ0) is 19.7. The normalized spacial score (nSPS) is 36.8. The summed E-state index contributed by atoms with van der Waals surface area (Å²) in [5.41, 5.74) is 11.0. The van der Waals surface area contributed by atoms with Crippen LogP contribution < -0.4 is 21.8 Å². The highest BCUT2D eigenvalue weighted by Gasteiger charge is 2.47. The van der Waals surface area contributed by atoms with Gasteiger partial charge in [0.1, 0.15) is 0 Å². The van der Waals surface area contributed by atoms with E-state index < -0.39 is 0 Å². The maximum absolute atomic E-state index is 13.3. The number of amides is 1. The molecule has 7 nitrogen and oxygen atoms in total. The Morgan fingerprint density at radius 2 is 2.07 bits per heavy atom. The molecule has 0 saturated carbocycles. The summed E-state index contributed by atoms with van der Waals surface area (Å²) in [6, 6.07) is 10.7. The molecule has 3 aliphatic heterocycles. The molecule has 1 aromatic rings. The van der Waals surface area contributed by atoms with Gasteiger partial charge in [0.2, 0.25) is 5.91 Å². The van der Waals surface area contributed by atoms with Gasteiger partial charge in [-0.1, -0.05) is 43.7 Å². The lowest BCUT2D eigenvalue weighted by Gasteiger charge is -2.39. The van der Waals surface area contributed by atoms with E-state index in [4.69, 9.17) is 5.73 Å². The van der Waals surface area contributed by atoms with Gasteiger partial charge in [-0.05, 0) is 31.5 Å². The van der Waals surface area contributed by atoms with Gasteiger partial charge in [-0.3, -0.25) is 10.1 Å². The summed E-state index contributed by atoms with van der Waals surface area (Å²) in [6.07, 6.45) is 1.78. The quantitative estimate of drug-likeness (QED) is 0.594. The fourth-order valence-corrected chi connectivity index (χ4v) is 5.00. The van der Waals surface area contributed by atoms with Gasteiger partial charge in [0.05, 0.1) is 18.2 Å². The van der Waals surface area contributed by atoms with E-state index in [9.17, 15) is 4.79 Å². The number of nitrogens with zero attached hydrogens (tertiary/aromatic N) is 2. The molecule has 1 amide bonds. The van der Waals surface area contributed by atoms with E-state index in [1.54, 1.807) is 0 Å². The van der Waals surface area contributed by atoms with Crippen LogP contribution in [0.25, 0.3) is 0 Å². The largest absolute Gasteiger partial charge is 0.351 e. The van der Waals surface area contributed by atoms with Crippen LogP contribution in [0.1, 0.15) is 31.2 Å². The lowest BCUT2D eigenvalue weighted by Crippen LogP contribution is -2.59. The summed E-state index contributed by atoms with van der Waals surface area (Å²) in [5.74, 6) is 0.691. The molecule has 0 aliphatic carbocycles. The topological polar surface area (TPSA) is 85.7 Å². The van der Waals surface area contributed by atoms with Crippen LogP contribution in [0.15, 0.2) is 30.3 Å². The number of carbonyl (C=O) groups is 1. The minimum Gasteiger partial charge on any atom is -0.351 e. The van der Waals surface area contributed by atoms with Crippen LogP contribution in [-0.4, -0.2) is 67.4 Å². The summed E-state index contributed by atoms with van der Waals surface area (Å²) < 4.78 is 0. The monoisotopic (exact) mass is 386 g/mol. The van der Waals surface area contributed by atoms with Crippen molar-refractivity contribution in [2.24, 2.45) is 17.6 Å². The maximum atomic E-state index is 13.3. The summed E-state index contributed by atoms with van der Waals surface area (Å²) in [6.45, 7) is 5.99. The SMILES string of the molecule is CCC1CNC2C(C(=O)NC3CN(C)CCC3c3ccccc3)C(N)NN2C1. The highest BCUT2D eigenvalue weighted by molar-refractivity contribution is 5.81. The number of hydrazine groups is 1. The van der Waals surface area contributed by atoms with Crippen molar-refractivity contribution in [2.75, 3.05) is 33.2 Å². The highest BCUT2D eigenvalue weighted by Crippen LogP contribution is 2.29. The smallest absolute Gasteiger partial charge is 0.229 e. The molecule has 0 bridgehead atoms. The average molecular weight is 387 g/mol. The number of nitrogens with two attached hydrogens (primary N) is 1. The van der Waals surface area contributed by atoms with Gasteiger partial charge in [0.25, 0.3) is 0 Å². The minimum atomic E-state index is -0.357. The number of likely N-dealkylation sites (N-methyl/N-ethyl adjacent to an activating group) is 1. The van der Waals surface area contributed by atoms with Crippen molar-refractivity contribution >= 4 is 5.91 Å². The predicted molar refractivity (Wildman–Crippen MR) is 110 cm³/mol. The fourth-order valence-electron chi connectivity index (χ4n) is 5.00. The van der Waals surface area contributed by atoms with Crippen molar-refractivity contribution in [1.29, 1.82) is 0 Å². The van der Waals surface area contributed by atoms with Gasteiger partial charge < -0.3 is 16.0 Å². The summed E-state index contributed by atoms with van der Waals surface area (Å²) in [4.78, 5) is 15.6. The molecule has 7 heteroatoms. The van der Waals surface area contributed by atoms with Gasteiger partial charge in [-0.2, -0.15) is 0 Å². The number of hydrogen-bond donors (Lipinski definition) is 4. The van der Waals surface area contributed by atoms with Gasteiger partial charge in [-0.25, -0.2) is 10.4 Å². The molecule has 0 radical (unpaired) electrons. The van der Waals surface area contributed by atoms with Crippen LogP contribution in [0.2, 0.25) is 0 Å². The zero-order valence-corrected chi connectivity index (χ0v) is 17.0. The van der Waals surface area contributed by atoms with Crippen LogP contribution in [0.3, 0.4) is 0 Å². The van der Waals surface area contributed by atoms with Crippen LogP contribution in [0.5, 0.6) is 0 Å². The second kappa shape index (κ2) is 8.47. The van der Waals surface area contributed by atoms with Gasteiger partial charge >= 0.3 is 0 Å². The number of likely N-dealkylation sites (tertiary alicyclic amines) is 1. The molecule has 28 heavy (non-hydrogen) atoms. The first-order chi connectivity index (χ1) is 13.6. The minimum absolute atomic E-state index is 0.0331. The van der Waals surface area contributed by atoms with E-state index in [1.807, 2.05) is 6.07 Å². The van der Waals surface area contributed by atoms with E-state index in [1.165, 1.54) is 5.56 Å². The molecule has 0 aromatic heterocycles. The van der Waals surface area contributed by atoms with Gasteiger partial charge in [0, 0.05) is 31.6 Å². The maximum Gasteiger partial charge on any atom is 0.229 e. The molecule has 3 aliphatic rings. The number of carbonyl (C=O) groups excluding carboxylic acids is 1.